The summed E-state index contributed by atoms with van der Waals surface area (Å²) in [6, 6.07) is 7.13. The summed E-state index contributed by atoms with van der Waals surface area (Å²) in [6.45, 7) is 0. The summed E-state index contributed by atoms with van der Waals surface area (Å²) >= 11 is 0. The fourth-order valence-electron chi connectivity index (χ4n) is 2.67. The Labute approximate surface area is 134 Å². The normalized spacial score (nSPS) is 15.1. The molecular weight excluding hydrogens is 296 g/mol. The van der Waals surface area contributed by atoms with Crippen molar-refractivity contribution >= 4 is 11.6 Å². The van der Waals surface area contributed by atoms with E-state index in [1.54, 1.807) is 26.4 Å². The number of furan rings is 1. The Morgan fingerprint density at radius 2 is 2.00 bits per heavy atom. The zero-order chi connectivity index (χ0) is 16.2. The van der Waals surface area contributed by atoms with E-state index in [0.29, 0.717) is 11.5 Å². The van der Waals surface area contributed by atoms with Gasteiger partial charge in [-0.3, -0.25) is 4.79 Å². The minimum atomic E-state index is -0.366. The van der Waals surface area contributed by atoms with E-state index < -0.39 is 0 Å². The van der Waals surface area contributed by atoms with Crippen LogP contribution in [0.4, 0.5) is 0 Å². The quantitative estimate of drug-likeness (QED) is 0.881. The molecule has 3 rings (SSSR count). The molecule has 0 spiro atoms. The van der Waals surface area contributed by atoms with Gasteiger partial charge in [0.2, 0.25) is 0 Å². The van der Waals surface area contributed by atoms with Crippen LogP contribution in [0.25, 0.3) is 0 Å². The smallest absolute Gasteiger partial charge is 0.307 e. The minimum absolute atomic E-state index is 0.234. The first-order chi connectivity index (χ1) is 11.2. The molecule has 0 bridgehead atoms. The van der Waals surface area contributed by atoms with Crippen LogP contribution < -0.4 is 14.9 Å². The topological polar surface area (TPSA) is 73.1 Å². The molecule has 0 atom stereocenters. The number of hydrazone groups is 1. The summed E-state index contributed by atoms with van der Waals surface area (Å²) in [7, 11) is 3.22. The second kappa shape index (κ2) is 6.56. The maximum Gasteiger partial charge on any atom is 0.307 e. The summed E-state index contributed by atoms with van der Waals surface area (Å²) in [5, 5.41) is 4.27. The number of amides is 1. The number of aryl methyl sites for hydroxylation is 1. The van der Waals surface area contributed by atoms with Gasteiger partial charge in [0.1, 0.15) is 0 Å². The van der Waals surface area contributed by atoms with Gasteiger partial charge < -0.3 is 13.9 Å². The third-order valence-electron chi connectivity index (χ3n) is 3.82. The number of methoxy groups -OCH3 is 2. The van der Waals surface area contributed by atoms with Gasteiger partial charge in [0, 0.05) is 5.56 Å². The van der Waals surface area contributed by atoms with Gasteiger partial charge in [-0.2, -0.15) is 5.10 Å². The fraction of sp³-hybridized carbons (Fsp3) is 0.294. The van der Waals surface area contributed by atoms with Crippen molar-refractivity contribution in [2.24, 2.45) is 5.10 Å². The monoisotopic (exact) mass is 314 g/mol. The molecule has 23 heavy (non-hydrogen) atoms. The van der Waals surface area contributed by atoms with Crippen molar-refractivity contribution in [1.29, 1.82) is 0 Å². The van der Waals surface area contributed by atoms with Crippen LogP contribution in [0.2, 0.25) is 0 Å². The van der Waals surface area contributed by atoms with Crippen molar-refractivity contribution in [2.45, 2.75) is 19.3 Å². The number of hydrogen-bond acceptors (Lipinski definition) is 5. The Morgan fingerprint density at radius 3 is 2.70 bits per heavy atom. The van der Waals surface area contributed by atoms with Crippen LogP contribution in [0.5, 0.6) is 11.5 Å². The fourth-order valence-corrected chi connectivity index (χ4v) is 2.67. The average molecular weight is 314 g/mol. The van der Waals surface area contributed by atoms with Crippen LogP contribution in [-0.4, -0.2) is 25.8 Å². The van der Waals surface area contributed by atoms with E-state index in [9.17, 15) is 4.79 Å². The van der Waals surface area contributed by atoms with Crippen LogP contribution in [-0.2, 0) is 6.42 Å². The van der Waals surface area contributed by atoms with Gasteiger partial charge in [-0.05, 0) is 49.1 Å². The SMILES string of the molecule is COc1cc2c(cc1OC)/C(=N\NC(=O)c1ccco1)CCC2. The molecule has 1 heterocycles. The highest BCUT2D eigenvalue weighted by Crippen LogP contribution is 2.34. The van der Waals surface area contributed by atoms with Crippen LogP contribution in [0.1, 0.15) is 34.5 Å². The predicted octanol–water partition coefficient (Wildman–Crippen LogP) is 2.77. The van der Waals surface area contributed by atoms with E-state index in [2.05, 4.69) is 10.5 Å². The number of rotatable bonds is 4. The maximum absolute atomic E-state index is 11.9. The van der Waals surface area contributed by atoms with Gasteiger partial charge >= 0.3 is 5.91 Å². The molecular formula is C17H18N2O4. The highest BCUT2D eigenvalue weighted by molar-refractivity contribution is 6.04. The Balaban J connectivity index is 1.88. The van der Waals surface area contributed by atoms with Crippen molar-refractivity contribution in [3.05, 3.63) is 47.4 Å². The Bertz CT molecular complexity index is 735. The van der Waals surface area contributed by atoms with Crippen molar-refractivity contribution in [3.63, 3.8) is 0 Å². The van der Waals surface area contributed by atoms with Gasteiger partial charge in [0.05, 0.1) is 26.2 Å². The van der Waals surface area contributed by atoms with E-state index in [4.69, 9.17) is 13.9 Å². The van der Waals surface area contributed by atoms with Crippen molar-refractivity contribution in [2.75, 3.05) is 14.2 Å². The highest BCUT2D eigenvalue weighted by atomic mass is 16.5. The Morgan fingerprint density at radius 1 is 1.22 bits per heavy atom. The molecule has 0 saturated carbocycles. The number of benzene rings is 1. The van der Waals surface area contributed by atoms with E-state index >= 15 is 0 Å². The Hall–Kier alpha value is -2.76. The lowest BCUT2D eigenvalue weighted by Crippen LogP contribution is -2.22. The van der Waals surface area contributed by atoms with Crippen molar-refractivity contribution < 1.29 is 18.7 Å². The molecule has 1 aromatic heterocycles. The molecule has 0 unspecified atom stereocenters. The summed E-state index contributed by atoms with van der Waals surface area (Å²) in [5.74, 6) is 1.22. The molecule has 120 valence electrons. The second-order valence-electron chi connectivity index (χ2n) is 5.19. The summed E-state index contributed by atoms with van der Waals surface area (Å²) < 4.78 is 15.7. The second-order valence-corrected chi connectivity index (χ2v) is 5.19. The number of fused-ring (bicyclic) bond motifs is 1. The first-order valence-electron chi connectivity index (χ1n) is 7.38. The van der Waals surface area contributed by atoms with Gasteiger partial charge in [-0.25, -0.2) is 5.43 Å². The van der Waals surface area contributed by atoms with Gasteiger partial charge in [-0.1, -0.05) is 0 Å². The minimum Gasteiger partial charge on any atom is -0.493 e. The molecule has 1 amide bonds. The molecule has 0 aliphatic heterocycles. The average Bonchev–Trinajstić information content (AvgIpc) is 3.13. The number of hydrogen-bond donors (Lipinski definition) is 1. The lowest BCUT2D eigenvalue weighted by molar-refractivity contribution is 0.0927. The standard InChI is InChI=1S/C17H18N2O4/c1-21-15-9-11-5-3-6-13(12(11)10-16(15)22-2)18-19-17(20)14-7-4-8-23-14/h4,7-10H,3,5-6H2,1-2H3,(H,19,20)/b18-13-. The molecule has 0 saturated heterocycles. The van der Waals surface area contributed by atoms with E-state index in [0.717, 1.165) is 36.1 Å². The number of ether oxygens (including phenoxy) is 2. The third-order valence-corrected chi connectivity index (χ3v) is 3.82. The van der Waals surface area contributed by atoms with Gasteiger partial charge in [-0.15, -0.1) is 0 Å². The predicted molar refractivity (Wildman–Crippen MR) is 85.2 cm³/mol. The summed E-state index contributed by atoms with van der Waals surface area (Å²) in [4.78, 5) is 11.9. The Kier molecular flexibility index (Phi) is 4.32. The molecule has 1 aliphatic rings. The summed E-state index contributed by atoms with van der Waals surface area (Å²) in [6.07, 6.45) is 4.16. The number of carbonyl (C=O) groups excluding carboxylic acids is 1. The molecule has 1 N–H and O–H groups in total. The number of nitrogens with one attached hydrogen (secondary N) is 1. The molecule has 0 radical (unpaired) electrons. The van der Waals surface area contributed by atoms with Crippen LogP contribution in [0, 0.1) is 0 Å². The molecule has 6 nitrogen and oxygen atoms in total. The third kappa shape index (κ3) is 3.06. The first kappa shape index (κ1) is 15.1. The summed E-state index contributed by atoms with van der Waals surface area (Å²) in [5.41, 5.74) is 5.49. The van der Waals surface area contributed by atoms with Gasteiger partial charge in [0.25, 0.3) is 0 Å². The largest absolute Gasteiger partial charge is 0.493 e. The van der Waals surface area contributed by atoms with Crippen LogP contribution in [0.3, 0.4) is 0 Å². The van der Waals surface area contributed by atoms with E-state index in [-0.39, 0.29) is 11.7 Å². The molecule has 6 heteroatoms. The van der Waals surface area contributed by atoms with Gasteiger partial charge in [0.15, 0.2) is 17.3 Å². The van der Waals surface area contributed by atoms with Crippen molar-refractivity contribution in [1.82, 2.24) is 5.43 Å². The number of carbonyl (C=O) groups is 1. The highest BCUT2D eigenvalue weighted by Gasteiger charge is 2.20. The molecule has 1 aromatic carbocycles. The molecule has 2 aromatic rings. The molecule has 0 fully saturated rings. The first-order valence-corrected chi connectivity index (χ1v) is 7.38. The van der Waals surface area contributed by atoms with Crippen molar-refractivity contribution in [3.8, 4) is 11.5 Å². The maximum atomic E-state index is 11.9. The van der Waals surface area contributed by atoms with E-state index in [1.165, 1.54) is 6.26 Å². The zero-order valence-electron chi connectivity index (χ0n) is 13.1. The zero-order valence-corrected chi connectivity index (χ0v) is 13.1. The lowest BCUT2D eigenvalue weighted by Gasteiger charge is -2.20. The van der Waals surface area contributed by atoms with E-state index in [1.807, 2.05) is 12.1 Å². The molecule has 1 aliphatic carbocycles. The van der Waals surface area contributed by atoms with Crippen LogP contribution in [0.15, 0.2) is 40.0 Å². The van der Waals surface area contributed by atoms with Crippen LogP contribution >= 0.6 is 0 Å². The number of nitrogens with zero attached hydrogens (tertiary/aromatic N) is 1. The lowest BCUT2D eigenvalue weighted by atomic mass is 9.89.